The van der Waals surface area contributed by atoms with Crippen molar-refractivity contribution in [3.05, 3.63) is 0 Å². The van der Waals surface area contributed by atoms with Crippen LogP contribution in [0.2, 0.25) is 0 Å². The van der Waals surface area contributed by atoms with E-state index in [9.17, 15) is 8.42 Å². The minimum atomic E-state index is -2.95. The highest BCUT2D eigenvalue weighted by atomic mass is 32.2. The van der Waals surface area contributed by atoms with Gasteiger partial charge in [-0.1, -0.05) is 0 Å². The number of hydrazine groups is 1. The second kappa shape index (κ2) is 6.85. The lowest BCUT2D eigenvalue weighted by molar-refractivity contribution is 0.600. The van der Waals surface area contributed by atoms with Crippen LogP contribution in [0, 0.1) is 0 Å². The molecule has 1 aliphatic rings. The minimum absolute atomic E-state index is 0.131. The first kappa shape index (κ1) is 15.7. The molecule has 0 spiro atoms. The van der Waals surface area contributed by atoms with Crippen molar-refractivity contribution in [2.24, 2.45) is 5.84 Å². The average molecular weight is 315 g/mol. The van der Waals surface area contributed by atoms with E-state index in [0.29, 0.717) is 24.9 Å². The van der Waals surface area contributed by atoms with Gasteiger partial charge < -0.3 is 10.2 Å². The van der Waals surface area contributed by atoms with Crippen LogP contribution < -0.4 is 21.5 Å². The van der Waals surface area contributed by atoms with Crippen molar-refractivity contribution in [3.63, 3.8) is 0 Å². The first-order valence-corrected chi connectivity index (χ1v) is 8.93. The maximum Gasteiger partial charge on any atom is 0.243 e. The monoisotopic (exact) mass is 315 g/mol. The van der Waals surface area contributed by atoms with Crippen LogP contribution in [0.1, 0.15) is 19.3 Å². The summed E-state index contributed by atoms with van der Waals surface area (Å²) >= 11 is 0. The van der Waals surface area contributed by atoms with Crippen LogP contribution in [0.3, 0.4) is 0 Å². The zero-order valence-electron chi connectivity index (χ0n) is 12.0. The molecule has 0 amide bonds. The van der Waals surface area contributed by atoms with E-state index in [-0.39, 0.29) is 11.7 Å². The molecule has 0 radical (unpaired) electrons. The molecule has 2 rings (SSSR count). The first-order chi connectivity index (χ1) is 9.98. The molecule has 0 saturated carbocycles. The molecule has 2 heterocycles. The van der Waals surface area contributed by atoms with E-state index in [2.05, 4.69) is 30.6 Å². The molecular formula is C11H21N7O2S. The normalized spacial score (nSPS) is 15.2. The Balaban J connectivity index is 1.99. The van der Waals surface area contributed by atoms with Gasteiger partial charge in [-0.25, -0.2) is 14.3 Å². The second-order valence-corrected chi connectivity index (χ2v) is 7.29. The summed E-state index contributed by atoms with van der Waals surface area (Å²) < 4.78 is 22.1. The third-order valence-corrected chi connectivity index (χ3v) is 4.15. The number of hydrogen-bond donors (Lipinski definition) is 3. The van der Waals surface area contributed by atoms with Crippen molar-refractivity contribution in [1.82, 2.24) is 15.0 Å². The number of nitrogens with zero attached hydrogens (tertiary/aromatic N) is 4. The molecule has 9 nitrogen and oxygen atoms in total. The van der Waals surface area contributed by atoms with Gasteiger partial charge in [0.2, 0.25) is 17.8 Å². The molecule has 0 bridgehead atoms. The largest absolute Gasteiger partial charge is 0.354 e. The fourth-order valence-electron chi connectivity index (χ4n) is 2.10. The Kier molecular flexibility index (Phi) is 5.12. The van der Waals surface area contributed by atoms with Crippen LogP contribution in [0.5, 0.6) is 0 Å². The number of hydrogen-bond acceptors (Lipinski definition) is 9. The quantitative estimate of drug-likeness (QED) is 0.350. The second-order valence-electron chi connectivity index (χ2n) is 5.03. The van der Waals surface area contributed by atoms with Gasteiger partial charge in [0.1, 0.15) is 9.84 Å². The van der Waals surface area contributed by atoms with Gasteiger partial charge in [0.15, 0.2) is 0 Å². The van der Waals surface area contributed by atoms with E-state index < -0.39 is 9.84 Å². The summed E-state index contributed by atoms with van der Waals surface area (Å²) in [5.74, 6) is 6.77. The van der Waals surface area contributed by atoms with E-state index in [4.69, 9.17) is 5.84 Å². The van der Waals surface area contributed by atoms with Crippen molar-refractivity contribution in [3.8, 4) is 0 Å². The summed E-state index contributed by atoms with van der Waals surface area (Å²) in [6.45, 7) is 2.31. The van der Waals surface area contributed by atoms with Crippen molar-refractivity contribution >= 4 is 27.7 Å². The molecule has 10 heteroatoms. The van der Waals surface area contributed by atoms with Crippen LogP contribution in [-0.2, 0) is 9.84 Å². The molecular weight excluding hydrogens is 294 g/mol. The minimum Gasteiger partial charge on any atom is -0.354 e. The fraction of sp³-hybridized carbons (Fsp3) is 0.727. The highest BCUT2D eigenvalue weighted by Crippen LogP contribution is 2.18. The fourth-order valence-corrected chi connectivity index (χ4v) is 2.77. The molecule has 0 aliphatic carbocycles. The van der Waals surface area contributed by atoms with Crippen LogP contribution in [-0.4, -0.2) is 55.0 Å². The summed E-state index contributed by atoms with van der Waals surface area (Å²) in [5.41, 5.74) is 2.42. The molecule has 0 atom stereocenters. The van der Waals surface area contributed by atoms with Gasteiger partial charge in [-0.3, -0.25) is 5.43 Å². The Morgan fingerprint density at radius 1 is 1.19 bits per heavy atom. The third kappa shape index (κ3) is 4.97. The molecule has 1 aromatic rings. The molecule has 21 heavy (non-hydrogen) atoms. The van der Waals surface area contributed by atoms with E-state index >= 15 is 0 Å². The molecule has 1 saturated heterocycles. The van der Waals surface area contributed by atoms with Gasteiger partial charge >= 0.3 is 0 Å². The van der Waals surface area contributed by atoms with Crippen LogP contribution in [0.15, 0.2) is 0 Å². The van der Waals surface area contributed by atoms with Crippen LogP contribution in [0.4, 0.5) is 17.8 Å². The predicted molar refractivity (Wildman–Crippen MR) is 81.9 cm³/mol. The summed E-state index contributed by atoms with van der Waals surface area (Å²) in [6, 6.07) is 0. The summed E-state index contributed by atoms with van der Waals surface area (Å²) in [5, 5.41) is 3.01. The van der Waals surface area contributed by atoms with E-state index in [1.165, 1.54) is 6.26 Å². The molecule has 0 aromatic carbocycles. The number of anilines is 3. The summed E-state index contributed by atoms with van der Waals surface area (Å²) in [7, 11) is -2.95. The van der Waals surface area contributed by atoms with Gasteiger partial charge in [0.05, 0.1) is 5.75 Å². The van der Waals surface area contributed by atoms with Crippen LogP contribution >= 0.6 is 0 Å². The van der Waals surface area contributed by atoms with Crippen molar-refractivity contribution in [2.75, 3.05) is 47.3 Å². The van der Waals surface area contributed by atoms with Crippen molar-refractivity contribution in [2.45, 2.75) is 19.3 Å². The average Bonchev–Trinajstić information content (AvgIpc) is 2.96. The highest BCUT2D eigenvalue weighted by Gasteiger charge is 2.17. The number of sulfone groups is 1. The number of nitrogen functional groups attached to an aromatic ring is 1. The maximum absolute atomic E-state index is 11.1. The van der Waals surface area contributed by atoms with E-state index in [1.807, 2.05) is 0 Å². The Bertz CT molecular complexity index is 572. The van der Waals surface area contributed by atoms with Gasteiger partial charge in [-0.15, -0.1) is 0 Å². The number of nitrogens with two attached hydrogens (primary N) is 1. The molecule has 1 aliphatic heterocycles. The Morgan fingerprint density at radius 2 is 1.86 bits per heavy atom. The standard InChI is InChI=1S/C11H21N7O2S/c1-21(19,20)8-4-5-13-9-14-10(17-12)16-11(15-9)18-6-2-3-7-18/h2-8,12H2,1H3,(H2,13,14,15,16,17). The Morgan fingerprint density at radius 3 is 2.48 bits per heavy atom. The van der Waals surface area contributed by atoms with Gasteiger partial charge in [0, 0.05) is 25.9 Å². The lowest BCUT2D eigenvalue weighted by atomic mass is 10.4. The molecule has 118 valence electrons. The number of nitrogens with one attached hydrogen (secondary N) is 2. The molecule has 1 aromatic heterocycles. The maximum atomic E-state index is 11.1. The Hall–Kier alpha value is -1.68. The van der Waals surface area contributed by atoms with E-state index in [1.54, 1.807) is 0 Å². The lowest BCUT2D eigenvalue weighted by Gasteiger charge is -2.16. The SMILES string of the molecule is CS(=O)(=O)CCCNc1nc(NN)nc(N2CCCC2)n1. The number of aromatic nitrogens is 3. The van der Waals surface area contributed by atoms with Crippen molar-refractivity contribution < 1.29 is 8.42 Å². The van der Waals surface area contributed by atoms with E-state index in [0.717, 1.165) is 25.9 Å². The summed E-state index contributed by atoms with van der Waals surface area (Å²) in [4.78, 5) is 14.8. The van der Waals surface area contributed by atoms with Gasteiger partial charge in [-0.05, 0) is 19.3 Å². The third-order valence-electron chi connectivity index (χ3n) is 3.12. The topological polar surface area (TPSA) is 126 Å². The molecule has 1 fully saturated rings. The molecule has 4 N–H and O–H groups in total. The van der Waals surface area contributed by atoms with Crippen LogP contribution in [0.25, 0.3) is 0 Å². The highest BCUT2D eigenvalue weighted by molar-refractivity contribution is 7.90. The zero-order chi connectivity index (χ0) is 15.3. The lowest BCUT2D eigenvalue weighted by Crippen LogP contribution is -2.23. The predicted octanol–water partition coefficient (Wildman–Crippen LogP) is -0.396. The molecule has 0 unspecified atom stereocenters. The number of rotatable bonds is 7. The summed E-state index contributed by atoms with van der Waals surface area (Å²) in [6.07, 6.45) is 3.95. The van der Waals surface area contributed by atoms with Gasteiger partial charge in [-0.2, -0.15) is 15.0 Å². The smallest absolute Gasteiger partial charge is 0.243 e. The zero-order valence-corrected chi connectivity index (χ0v) is 12.9. The first-order valence-electron chi connectivity index (χ1n) is 6.87. The van der Waals surface area contributed by atoms with Crippen molar-refractivity contribution in [1.29, 1.82) is 0 Å². The Labute approximate surface area is 124 Å². The van der Waals surface area contributed by atoms with Gasteiger partial charge in [0.25, 0.3) is 0 Å².